The maximum absolute atomic E-state index is 6.27. The number of ether oxygens (including phenoxy) is 3. The fraction of sp³-hybridized carbons (Fsp3) is 0.632. The van der Waals surface area contributed by atoms with Crippen LogP contribution in [0.25, 0.3) is 0 Å². The average molecular weight is 423 g/mol. The molecule has 4 heterocycles. The minimum absolute atomic E-state index is 0.131. The molecule has 10 heteroatoms. The predicted molar refractivity (Wildman–Crippen MR) is 110 cm³/mol. The van der Waals surface area contributed by atoms with Crippen molar-refractivity contribution in [2.45, 2.75) is 51.3 Å². The minimum atomic E-state index is -0.195. The summed E-state index contributed by atoms with van der Waals surface area (Å²) in [7, 11) is 1.69. The maximum atomic E-state index is 6.27. The molecule has 2 aromatic heterocycles. The Labute approximate surface area is 175 Å². The van der Waals surface area contributed by atoms with Crippen LogP contribution < -0.4 is 15.4 Å². The quantitative estimate of drug-likeness (QED) is 0.772. The van der Waals surface area contributed by atoms with Crippen molar-refractivity contribution in [1.82, 2.24) is 19.7 Å². The number of rotatable bonds is 3. The van der Waals surface area contributed by atoms with Gasteiger partial charge in [-0.2, -0.15) is 4.98 Å². The van der Waals surface area contributed by atoms with Gasteiger partial charge in [-0.25, -0.2) is 4.98 Å². The first-order valence-corrected chi connectivity index (χ1v) is 10.4. The third-order valence-corrected chi connectivity index (χ3v) is 5.62. The molecule has 2 atom stereocenters. The van der Waals surface area contributed by atoms with Crippen LogP contribution >= 0.6 is 11.6 Å². The molecule has 29 heavy (non-hydrogen) atoms. The van der Waals surface area contributed by atoms with Crippen molar-refractivity contribution in [1.29, 1.82) is 0 Å². The first-order valence-electron chi connectivity index (χ1n) is 9.98. The molecule has 2 aromatic rings. The van der Waals surface area contributed by atoms with Crippen LogP contribution in [0, 0.1) is 0 Å². The van der Waals surface area contributed by atoms with Crippen LogP contribution in [-0.4, -0.2) is 52.7 Å². The van der Waals surface area contributed by atoms with E-state index in [1.807, 2.05) is 11.6 Å². The summed E-state index contributed by atoms with van der Waals surface area (Å²) in [5, 5.41) is 11.9. The Kier molecular flexibility index (Phi) is 6.07. The van der Waals surface area contributed by atoms with Crippen molar-refractivity contribution in [3.8, 4) is 5.88 Å². The van der Waals surface area contributed by atoms with E-state index in [1.165, 1.54) is 0 Å². The van der Waals surface area contributed by atoms with E-state index in [0.29, 0.717) is 29.3 Å². The summed E-state index contributed by atoms with van der Waals surface area (Å²) in [5.41, 5.74) is 1.64. The van der Waals surface area contributed by atoms with E-state index in [9.17, 15) is 0 Å². The van der Waals surface area contributed by atoms with Crippen molar-refractivity contribution in [2.75, 3.05) is 37.6 Å². The number of hydrogen-bond donors (Lipinski definition) is 2. The molecule has 2 aliphatic heterocycles. The summed E-state index contributed by atoms with van der Waals surface area (Å²) in [6.07, 6.45) is 3.96. The lowest BCUT2D eigenvalue weighted by Gasteiger charge is -2.25. The van der Waals surface area contributed by atoms with Crippen molar-refractivity contribution in [3.63, 3.8) is 0 Å². The van der Waals surface area contributed by atoms with Crippen LogP contribution in [0.15, 0.2) is 6.20 Å². The Bertz CT molecular complexity index is 855. The van der Waals surface area contributed by atoms with Crippen molar-refractivity contribution < 1.29 is 14.2 Å². The van der Waals surface area contributed by atoms with Gasteiger partial charge in [-0.05, 0) is 26.7 Å². The zero-order chi connectivity index (χ0) is 20.4. The van der Waals surface area contributed by atoms with Gasteiger partial charge in [0.15, 0.2) is 5.82 Å². The summed E-state index contributed by atoms with van der Waals surface area (Å²) in [6, 6.07) is 0.358. The van der Waals surface area contributed by atoms with Crippen molar-refractivity contribution >= 4 is 29.1 Å². The molecule has 0 spiro atoms. The number of halogens is 1. The van der Waals surface area contributed by atoms with Gasteiger partial charge in [-0.3, -0.25) is 4.68 Å². The number of nitrogens with zero attached hydrogens (tertiary/aromatic N) is 4. The van der Waals surface area contributed by atoms with E-state index in [1.54, 1.807) is 13.3 Å². The molecular weight excluding hydrogens is 396 g/mol. The molecule has 0 aromatic carbocycles. The maximum Gasteiger partial charge on any atom is 0.257 e. The molecule has 0 amide bonds. The molecule has 9 nitrogen and oxygen atoms in total. The normalized spacial score (nSPS) is 21.2. The lowest BCUT2D eigenvalue weighted by Crippen LogP contribution is -2.23. The third kappa shape index (κ3) is 4.26. The van der Waals surface area contributed by atoms with E-state index in [2.05, 4.69) is 27.5 Å². The Morgan fingerprint density at radius 3 is 2.83 bits per heavy atom. The zero-order valence-electron chi connectivity index (χ0n) is 16.9. The molecule has 1 unspecified atom stereocenters. The van der Waals surface area contributed by atoms with Gasteiger partial charge in [0.25, 0.3) is 5.88 Å². The molecule has 1 fully saturated rings. The van der Waals surface area contributed by atoms with Gasteiger partial charge in [0.05, 0.1) is 30.6 Å². The van der Waals surface area contributed by atoms with Crippen LogP contribution in [0.3, 0.4) is 0 Å². The van der Waals surface area contributed by atoms with E-state index < -0.39 is 0 Å². The Morgan fingerprint density at radius 2 is 2.07 bits per heavy atom. The molecule has 4 rings (SSSR count). The number of anilines is 3. The molecule has 2 N–H and O–H groups in total. The van der Waals surface area contributed by atoms with Crippen LogP contribution in [0.2, 0.25) is 5.02 Å². The fourth-order valence-electron chi connectivity index (χ4n) is 3.63. The van der Waals surface area contributed by atoms with Gasteiger partial charge in [-0.1, -0.05) is 11.6 Å². The van der Waals surface area contributed by atoms with Gasteiger partial charge < -0.3 is 24.8 Å². The first-order chi connectivity index (χ1) is 14.1. The highest BCUT2D eigenvalue weighted by Gasteiger charge is 2.30. The summed E-state index contributed by atoms with van der Waals surface area (Å²) in [6.45, 7) is 6.01. The molecule has 2 bridgehead atoms. The number of hydrogen-bond acceptors (Lipinski definition) is 8. The van der Waals surface area contributed by atoms with E-state index in [0.717, 1.165) is 43.9 Å². The molecule has 0 radical (unpaired) electrons. The third-order valence-electron chi connectivity index (χ3n) is 5.34. The van der Waals surface area contributed by atoms with E-state index in [-0.39, 0.29) is 18.2 Å². The standard InChI is InChI=1S/C19H27ClN6O3/c1-11-4-9-29-18-15(23-19-21-10-14(20)17(22-11)24-19)16(12(2)27-3)26(25-18)13-5-7-28-8-6-13/h10-13H,4-9H2,1-3H3,(H2,21,22,23,24)/t11-,12?/m1/s1. The number of aromatic nitrogens is 4. The molecule has 0 saturated carbocycles. The average Bonchev–Trinajstić information content (AvgIpc) is 3.07. The molecule has 158 valence electrons. The van der Waals surface area contributed by atoms with E-state index in [4.69, 9.17) is 30.9 Å². The molecule has 2 aliphatic rings. The summed E-state index contributed by atoms with van der Waals surface area (Å²) >= 11 is 6.27. The lowest BCUT2D eigenvalue weighted by molar-refractivity contribution is 0.0585. The number of nitrogens with one attached hydrogen (secondary N) is 2. The number of fused-ring (bicyclic) bond motifs is 3. The highest BCUT2D eigenvalue weighted by atomic mass is 35.5. The van der Waals surface area contributed by atoms with E-state index >= 15 is 0 Å². The van der Waals surface area contributed by atoms with Crippen LogP contribution in [-0.2, 0) is 9.47 Å². The van der Waals surface area contributed by atoms with Crippen LogP contribution in [0.1, 0.15) is 50.9 Å². The van der Waals surface area contributed by atoms with Crippen LogP contribution in [0.4, 0.5) is 17.5 Å². The first kappa shape index (κ1) is 20.2. The monoisotopic (exact) mass is 422 g/mol. The molecule has 0 aliphatic carbocycles. The molecular formula is C19H27ClN6O3. The predicted octanol–water partition coefficient (Wildman–Crippen LogP) is 3.71. The SMILES string of the molecule is COC(C)c1c2c(nn1C1CCOCC1)OCC[C@@H](C)Nc1nc(ncc1Cl)N2. The zero-order valence-corrected chi connectivity index (χ0v) is 17.7. The fourth-order valence-corrected chi connectivity index (χ4v) is 3.78. The topological polar surface area (TPSA) is 95.4 Å². The largest absolute Gasteiger partial charge is 0.475 e. The Morgan fingerprint density at radius 1 is 1.28 bits per heavy atom. The smallest absolute Gasteiger partial charge is 0.257 e. The minimum Gasteiger partial charge on any atom is -0.475 e. The highest BCUT2D eigenvalue weighted by Crippen LogP contribution is 2.39. The van der Waals surface area contributed by atoms with Crippen molar-refractivity contribution in [3.05, 3.63) is 16.9 Å². The summed E-state index contributed by atoms with van der Waals surface area (Å²) in [4.78, 5) is 8.89. The summed E-state index contributed by atoms with van der Waals surface area (Å²) < 4.78 is 19.3. The lowest BCUT2D eigenvalue weighted by atomic mass is 10.1. The summed E-state index contributed by atoms with van der Waals surface area (Å²) in [5.74, 6) is 1.55. The van der Waals surface area contributed by atoms with Gasteiger partial charge in [0, 0.05) is 32.8 Å². The Balaban J connectivity index is 1.80. The second-order valence-electron chi connectivity index (χ2n) is 7.43. The Hall–Kier alpha value is -2.10. The molecule has 1 saturated heterocycles. The van der Waals surface area contributed by atoms with Crippen molar-refractivity contribution in [2.24, 2.45) is 0 Å². The van der Waals surface area contributed by atoms with Gasteiger partial charge in [-0.15, -0.1) is 5.10 Å². The van der Waals surface area contributed by atoms with Gasteiger partial charge in [0.2, 0.25) is 5.95 Å². The highest BCUT2D eigenvalue weighted by molar-refractivity contribution is 6.32. The van der Waals surface area contributed by atoms with Gasteiger partial charge in [0.1, 0.15) is 10.7 Å². The second kappa shape index (κ2) is 8.73. The van der Waals surface area contributed by atoms with Gasteiger partial charge >= 0.3 is 0 Å². The second-order valence-corrected chi connectivity index (χ2v) is 7.84. The van der Waals surface area contributed by atoms with Crippen LogP contribution in [0.5, 0.6) is 5.88 Å². The number of methoxy groups -OCH3 is 1.